The molecule has 2 amide bonds. The Bertz CT molecular complexity index is 1710. The van der Waals surface area contributed by atoms with Gasteiger partial charge in [0.15, 0.2) is 0 Å². The van der Waals surface area contributed by atoms with Crippen molar-refractivity contribution < 1.29 is 14.7 Å². The molecule has 3 aromatic carbocycles. The summed E-state index contributed by atoms with van der Waals surface area (Å²) in [4.78, 5) is 39.5. The summed E-state index contributed by atoms with van der Waals surface area (Å²) in [6.45, 7) is 10.1. The van der Waals surface area contributed by atoms with Gasteiger partial charge in [0.25, 0.3) is 11.8 Å². The van der Waals surface area contributed by atoms with Crippen molar-refractivity contribution in [2.45, 2.75) is 19.7 Å². The predicted octanol–water partition coefficient (Wildman–Crippen LogP) is 5.35. The molecular weight excluding hydrogens is 604 g/mol. The summed E-state index contributed by atoms with van der Waals surface area (Å²) in [6.07, 6.45) is 3.50. The first-order valence-corrected chi connectivity index (χ1v) is 15.2. The lowest BCUT2D eigenvalue weighted by Crippen LogP contribution is -2.43. The van der Waals surface area contributed by atoms with Gasteiger partial charge in [-0.3, -0.25) is 14.5 Å². The molecule has 1 saturated heterocycles. The molecule has 1 fully saturated rings. The molecule has 0 spiro atoms. The number of carbonyl (C=O) groups is 2. The molecule has 2 heterocycles. The van der Waals surface area contributed by atoms with Crippen molar-refractivity contribution >= 4 is 52.1 Å². The minimum Gasteiger partial charge on any atom is -0.370 e. The van der Waals surface area contributed by atoms with Crippen LogP contribution in [0.5, 0.6) is 0 Å². The molecule has 0 radical (unpaired) electrons. The Morgan fingerprint density at radius 1 is 0.935 bits per heavy atom. The SMILES string of the molecule is C=CC(O)Nc1cccc(Nc2ncc(NC(=O)c3cc(NC(=O)c4ccc(CN5CCN(C)CC5)c(Cl)c4)ccc3C)cn2)c1. The fourth-order valence-corrected chi connectivity index (χ4v) is 5.15. The number of benzene rings is 3. The molecule has 5 rings (SSSR count). The molecule has 5 N–H and O–H groups in total. The molecule has 1 unspecified atom stereocenters. The molecule has 1 aliphatic rings. The normalized spacial score (nSPS) is 14.3. The van der Waals surface area contributed by atoms with Crippen molar-refractivity contribution in [3.05, 3.63) is 113 Å². The number of nitrogens with one attached hydrogen (secondary N) is 4. The number of amides is 2. The Morgan fingerprint density at radius 3 is 2.37 bits per heavy atom. The number of aryl methyl sites for hydroxylation is 1. The number of hydrogen-bond donors (Lipinski definition) is 5. The van der Waals surface area contributed by atoms with Crippen LogP contribution >= 0.6 is 11.6 Å². The van der Waals surface area contributed by atoms with E-state index >= 15 is 0 Å². The van der Waals surface area contributed by atoms with Crippen molar-refractivity contribution in [3.63, 3.8) is 0 Å². The highest BCUT2D eigenvalue weighted by Crippen LogP contribution is 2.23. The summed E-state index contributed by atoms with van der Waals surface area (Å²) in [5.41, 5.74) is 4.82. The number of likely N-dealkylation sites (N-methyl/N-ethyl adjacent to an activating group) is 1. The largest absolute Gasteiger partial charge is 0.370 e. The first-order chi connectivity index (χ1) is 22.2. The monoisotopic (exact) mass is 640 g/mol. The fourth-order valence-electron chi connectivity index (χ4n) is 4.91. The third-order valence-electron chi connectivity index (χ3n) is 7.61. The highest BCUT2D eigenvalue weighted by Gasteiger charge is 2.17. The zero-order valence-electron chi connectivity index (χ0n) is 25.8. The molecular formula is C34H37ClN8O3. The van der Waals surface area contributed by atoms with Gasteiger partial charge in [0, 0.05) is 65.9 Å². The van der Waals surface area contributed by atoms with Crippen LogP contribution in [0.25, 0.3) is 0 Å². The molecule has 11 nitrogen and oxygen atoms in total. The van der Waals surface area contributed by atoms with Crippen molar-refractivity contribution in [2.24, 2.45) is 0 Å². The number of halogens is 1. The van der Waals surface area contributed by atoms with Crippen molar-refractivity contribution in [3.8, 4) is 0 Å². The zero-order valence-corrected chi connectivity index (χ0v) is 26.5. The summed E-state index contributed by atoms with van der Waals surface area (Å²) >= 11 is 6.57. The first-order valence-electron chi connectivity index (χ1n) is 14.9. The van der Waals surface area contributed by atoms with Crippen molar-refractivity contribution in [2.75, 3.05) is 54.5 Å². The lowest BCUT2D eigenvalue weighted by Gasteiger charge is -2.32. The smallest absolute Gasteiger partial charge is 0.256 e. The molecule has 12 heteroatoms. The Labute approximate surface area is 273 Å². The number of aromatic nitrogens is 2. The molecule has 0 saturated carbocycles. The highest BCUT2D eigenvalue weighted by atomic mass is 35.5. The van der Waals surface area contributed by atoms with Crippen LogP contribution in [-0.4, -0.2) is 76.1 Å². The summed E-state index contributed by atoms with van der Waals surface area (Å²) in [5.74, 6) is -0.362. The number of nitrogens with zero attached hydrogens (tertiary/aromatic N) is 4. The maximum atomic E-state index is 13.2. The van der Waals surface area contributed by atoms with E-state index in [2.05, 4.69) is 54.7 Å². The van der Waals surface area contributed by atoms with Crippen LogP contribution < -0.4 is 21.3 Å². The molecule has 0 bridgehead atoms. The number of aliphatic hydroxyl groups is 1. The van der Waals surface area contributed by atoms with E-state index < -0.39 is 6.23 Å². The van der Waals surface area contributed by atoms with Gasteiger partial charge in [-0.2, -0.15) is 0 Å². The van der Waals surface area contributed by atoms with E-state index in [9.17, 15) is 14.7 Å². The average molecular weight is 641 g/mol. The number of hydrogen-bond acceptors (Lipinski definition) is 9. The average Bonchev–Trinajstić information content (AvgIpc) is 3.05. The van der Waals surface area contributed by atoms with Gasteiger partial charge in [0.1, 0.15) is 6.23 Å². The lowest BCUT2D eigenvalue weighted by atomic mass is 10.1. The van der Waals surface area contributed by atoms with Gasteiger partial charge < -0.3 is 31.3 Å². The maximum Gasteiger partial charge on any atom is 0.256 e. The third-order valence-corrected chi connectivity index (χ3v) is 7.96. The number of carbonyl (C=O) groups excluding carboxylic acids is 2. The van der Waals surface area contributed by atoms with E-state index in [0.717, 1.165) is 43.9 Å². The van der Waals surface area contributed by atoms with Gasteiger partial charge in [-0.15, -0.1) is 0 Å². The van der Waals surface area contributed by atoms with E-state index in [4.69, 9.17) is 11.6 Å². The zero-order chi connectivity index (χ0) is 32.6. The summed E-state index contributed by atoms with van der Waals surface area (Å²) in [6, 6.07) is 17.8. The van der Waals surface area contributed by atoms with Crippen LogP contribution in [-0.2, 0) is 6.54 Å². The summed E-state index contributed by atoms with van der Waals surface area (Å²) < 4.78 is 0. The molecule has 4 aromatic rings. The topological polar surface area (TPSA) is 135 Å². The number of piperazine rings is 1. The van der Waals surface area contributed by atoms with E-state index in [1.54, 1.807) is 36.4 Å². The number of aliphatic hydroxyl groups excluding tert-OH is 1. The maximum absolute atomic E-state index is 13.2. The van der Waals surface area contributed by atoms with Crippen LogP contribution in [0.15, 0.2) is 85.7 Å². The number of rotatable bonds is 11. The van der Waals surface area contributed by atoms with Gasteiger partial charge in [-0.1, -0.05) is 36.4 Å². The van der Waals surface area contributed by atoms with Crippen LogP contribution in [0.4, 0.5) is 28.7 Å². The van der Waals surface area contributed by atoms with Gasteiger partial charge >= 0.3 is 0 Å². The van der Waals surface area contributed by atoms with E-state index in [1.165, 1.54) is 18.5 Å². The van der Waals surface area contributed by atoms with Crippen LogP contribution in [0.3, 0.4) is 0 Å². The second kappa shape index (κ2) is 15.0. The second-order valence-electron chi connectivity index (χ2n) is 11.1. The van der Waals surface area contributed by atoms with E-state index in [0.29, 0.717) is 44.8 Å². The quantitative estimate of drug-likeness (QED) is 0.109. The molecule has 46 heavy (non-hydrogen) atoms. The van der Waals surface area contributed by atoms with Gasteiger partial charge in [0.05, 0.1) is 18.1 Å². The minimum atomic E-state index is -0.871. The Hall–Kier alpha value is -4.81. The Balaban J connectivity index is 1.19. The minimum absolute atomic E-state index is 0.321. The molecule has 0 aliphatic carbocycles. The second-order valence-corrected chi connectivity index (χ2v) is 11.6. The molecule has 1 aliphatic heterocycles. The highest BCUT2D eigenvalue weighted by molar-refractivity contribution is 6.31. The van der Waals surface area contributed by atoms with Crippen molar-refractivity contribution in [1.29, 1.82) is 0 Å². The lowest BCUT2D eigenvalue weighted by molar-refractivity contribution is 0.101. The predicted molar refractivity (Wildman–Crippen MR) is 183 cm³/mol. The Morgan fingerprint density at radius 2 is 1.65 bits per heavy atom. The standard InChI is InChI=1S/C34H37ClN8O3/c1-4-31(44)38-25-6-5-7-26(17-25)41-34-36-19-28(20-37-34)40-33(46)29-18-27(11-8-22(29)2)39-32(45)23-9-10-24(30(35)16-23)21-43-14-12-42(3)13-15-43/h4-11,16-20,31,38,44H,1,12-15,21H2,2-3H3,(H,39,45)(H,40,46)(H,36,37,41). The summed E-state index contributed by atoms with van der Waals surface area (Å²) in [5, 5.41) is 21.9. The molecule has 1 aromatic heterocycles. The Kier molecular flexibility index (Phi) is 10.6. The fraction of sp³-hybridized carbons (Fsp3) is 0.235. The van der Waals surface area contributed by atoms with Gasteiger partial charge in [-0.25, -0.2) is 9.97 Å². The van der Waals surface area contributed by atoms with Crippen LogP contribution in [0.1, 0.15) is 31.8 Å². The van der Waals surface area contributed by atoms with Gasteiger partial charge in [-0.05, 0) is 73.6 Å². The number of anilines is 5. The van der Waals surface area contributed by atoms with Crippen LogP contribution in [0, 0.1) is 6.92 Å². The first kappa shape index (κ1) is 32.6. The van der Waals surface area contributed by atoms with Crippen LogP contribution in [0.2, 0.25) is 5.02 Å². The third kappa shape index (κ3) is 8.67. The summed E-state index contributed by atoms with van der Waals surface area (Å²) in [7, 11) is 2.12. The van der Waals surface area contributed by atoms with Crippen molar-refractivity contribution in [1.82, 2.24) is 19.8 Å². The molecule has 238 valence electrons. The van der Waals surface area contributed by atoms with E-state index in [1.807, 2.05) is 31.2 Å². The van der Waals surface area contributed by atoms with Gasteiger partial charge in [0.2, 0.25) is 5.95 Å². The van der Waals surface area contributed by atoms with E-state index in [-0.39, 0.29) is 11.8 Å². The molecule has 1 atom stereocenters.